The first kappa shape index (κ1) is 63.1. The Labute approximate surface area is 647 Å². The smallest absolute Gasteiger partial charge is 0.143 e. The molecule has 0 atom stereocenters. The van der Waals surface area contributed by atoms with E-state index in [0.29, 0.717) is 0 Å². The Kier molecular flexibility index (Phi) is 13.1. The lowest BCUT2D eigenvalue weighted by Crippen LogP contribution is -2.15. The number of rotatable bonds is 7. The standard InChI is InChI=1S/C110H70O2/c1-109(2)94-50-46-75(58-90(94)91-60-93-99(62-96(91)109)111-98-52-48-65-22-7-9-29-78(65)104(93)98)102-84-35-15-11-31-80(84)101(81-32-12-16-36-85(81)102)74-28-20-26-69(55-74)71-43-40-64-41-44-72(57-77(64)56-71)89-61-97-105(106-88-49-45-66-23-8-10-30-79(66)107(88)112-108(89)106)92-59-76(47-51-95(92)110(97,3)4)103-86-37-17-13-33-82(86)100(83-34-14-18-38-87(83)103)73-27-19-25-68(54-73)70-42-39-63-21-5-6-24-67(63)53-70/h5-62H,1-4H3. The Morgan fingerprint density at radius 3 is 1.16 bits per heavy atom. The van der Waals surface area contributed by atoms with E-state index in [4.69, 9.17) is 8.83 Å². The number of fused-ring (bicyclic) bond motifs is 23. The Hall–Kier alpha value is -13.9. The summed E-state index contributed by atoms with van der Waals surface area (Å²) in [5.41, 5.74) is 30.2. The molecule has 2 aromatic heterocycles. The predicted octanol–water partition coefficient (Wildman–Crippen LogP) is 31.0. The first-order valence-electron chi connectivity index (χ1n) is 39.2. The summed E-state index contributed by atoms with van der Waals surface area (Å²) in [7, 11) is 0. The third-order valence-corrected chi connectivity index (χ3v) is 25.7. The summed E-state index contributed by atoms with van der Waals surface area (Å²) in [6.45, 7) is 9.58. The lowest BCUT2D eigenvalue weighted by Gasteiger charge is -2.23. The minimum absolute atomic E-state index is 0.218. The van der Waals surface area contributed by atoms with Gasteiger partial charge in [0.1, 0.15) is 22.3 Å². The highest BCUT2D eigenvalue weighted by molar-refractivity contribution is 6.27. The van der Waals surface area contributed by atoms with Crippen LogP contribution in [0.25, 0.3) is 230 Å². The second-order valence-corrected chi connectivity index (χ2v) is 32.4. The molecule has 22 aromatic rings. The van der Waals surface area contributed by atoms with E-state index in [1.807, 2.05) is 0 Å². The maximum absolute atomic E-state index is 7.52. The SMILES string of the molecule is CC1(C)c2ccc(-c3c4ccccc4c(-c4cccc(-c5ccc6ccc(-c7cc8c(c9c7oc7c%10ccccc%10ccc79)-c7cc(-c9c%10ccccc%10c(-c%10cccc(-c%11ccc%12ccccc%12c%11)c%10)c%10ccccc9%10)ccc7C8(C)C)cc6c5)c4)c4ccccc34)cc2-c2cc3c(cc21)oc1ccc2ccccc2c13. The van der Waals surface area contributed by atoms with Crippen LogP contribution >= 0.6 is 0 Å². The van der Waals surface area contributed by atoms with Crippen LogP contribution in [-0.4, -0.2) is 0 Å². The van der Waals surface area contributed by atoms with Crippen LogP contribution in [0, 0.1) is 0 Å². The second-order valence-electron chi connectivity index (χ2n) is 32.4. The summed E-state index contributed by atoms with van der Waals surface area (Å²) in [5.74, 6) is 0. The van der Waals surface area contributed by atoms with Crippen LogP contribution in [-0.2, 0) is 10.8 Å². The molecule has 2 nitrogen and oxygen atoms in total. The van der Waals surface area contributed by atoms with Gasteiger partial charge >= 0.3 is 0 Å². The van der Waals surface area contributed by atoms with E-state index in [9.17, 15) is 0 Å². The summed E-state index contributed by atoms with van der Waals surface area (Å²) in [6, 6.07) is 132. The van der Waals surface area contributed by atoms with Gasteiger partial charge in [0.05, 0.1) is 0 Å². The van der Waals surface area contributed by atoms with Gasteiger partial charge in [-0.1, -0.05) is 307 Å². The van der Waals surface area contributed by atoms with Crippen LogP contribution < -0.4 is 0 Å². The lowest BCUT2D eigenvalue weighted by molar-refractivity contribution is 0.647. The van der Waals surface area contributed by atoms with Crippen molar-refractivity contribution >= 4 is 130 Å². The van der Waals surface area contributed by atoms with Gasteiger partial charge in [0, 0.05) is 43.3 Å². The average Bonchev–Trinajstić information content (AvgIpc) is 1.50. The van der Waals surface area contributed by atoms with E-state index in [1.54, 1.807) is 0 Å². The summed E-state index contributed by atoms with van der Waals surface area (Å²) in [6.07, 6.45) is 0. The highest BCUT2D eigenvalue weighted by Gasteiger charge is 2.41. The van der Waals surface area contributed by atoms with Gasteiger partial charge in [-0.2, -0.15) is 0 Å². The first-order chi connectivity index (χ1) is 55.0. The first-order valence-corrected chi connectivity index (χ1v) is 39.2. The molecule has 2 heteroatoms. The van der Waals surface area contributed by atoms with Crippen LogP contribution in [0.5, 0.6) is 0 Å². The Morgan fingerprint density at radius 2 is 0.580 bits per heavy atom. The van der Waals surface area contributed by atoms with Crippen LogP contribution in [0.3, 0.4) is 0 Å². The van der Waals surface area contributed by atoms with Gasteiger partial charge in [-0.05, 0) is 270 Å². The maximum atomic E-state index is 7.52. The lowest BCUT2D eigenvalue weighted by atomic mass is 9.80. The average molecular weight is 1420 g/mol. The quantitative estimate of drug-likeness (QED) is 0.149. The second kappa shape index (κ2) is 23.3. The van der Waals surface area contributed by atoms with Crippen molar-refractivity contribution < 1.29 is 8.83 Å². The summed E-state index contributed by atoms with van der Waals surface area (Å²) >= 11 is 0. The van der Waals surface area contributed by atoms with Crippen molar-refractivity contribution in [1.82, 2.24) is 0 Å². The zero-order valence-electron chi connectivity index (χ0n) is 62.3. The molecule has 0 saturated carbocycles. The zero-order valence-corrected chi connectivity index (χ0v) is 62.3. The van der Waals surface area contributed by atoms with Gasteiger partial charge in [-0.15, -0.1) is 0 Å². The Bertz CT molecular complexity index is 7830. The molecule has 0 amide bonds. The van der Waals surface area contributed by atoms with E-state index in [2.05, 4.69) is 380 Å². The van der Waals surface area contributed by atoms with E-state index in [0.717, 1.165) is 71.5 Å². The number of hydrogen-bond donors (Lipinski definition) is 0. The van der Waals surface area contributed by atoms with Crippen molar-refractivity contribution in [2.75, 3.05) is 0 Å². The molecule has 112 heavy (non-hydrogen) atoms. The van der Waals surface area contributed by atoms with E-state index >= 15 is 0 Å². The minimum atomic E-state index is -0.351. The summed E-state index contributed by atoms with van der Waals surface area (Å²) < 4.78 is 14.2. The van der Waals surface area contributed by atoms with Crippen molar-refractivity contribution in [2.45, 2.75) is 38.5 Å². The van der Waals surface area contributed by atoms with Gasteiger partial charge < -0.3 is 8.83 Å². The van der Waals surface area contributed by atoms with Crippen molar-refractivity contribution in [3.63, 3.8) is 0 Å². The molecule has 24 rings (SSSR count). The topological polar surface area (TPSA) is 26.3 Å². The van der Waals surface area contributed by atoms with Crippen LogP contribution in [0.1, 0.15) is 49.9 Å². The molecule has 2 aliphatic carbocycles. The molecule has 522 valence electrons. The van der Waals surface area contributed by atoms with Crippen LogP contribution in [0.2, 0.25) is 0 Å². The molecular formula is C110H70O2. The van der Waals surface area contributed by atoms with Crippen molar-refractivity contribution in [1.29, 1.82) is 0 Å². The molecule has 0 fully saturated rings. The number of furan rings is 2. The van der Waals surface area contributed by atoms with Crippen LogP contribution in [0.15, 0.2) is 361 Å². The van der Waals surface area contributed by atoms with Gasteiger partial charge in [0.2, 0.25) is 0 Å². The van der Waals surface area contributed by atoms with Gasteiger partial charge in [-0.25, -0.2) is 0 Å². The molecule has 0 spiro atoms. The maximum Gasteiger partial charge on any atom is 0.143 e. The fourth-order valence-electron chi connectivity index (χ4n) is 20.4. The molecule has 0 bridgehead atoms. The minimum Gasteiger partial charge on any atom is -0.456 e. The molecule has 2 heterocycles. The summed E-state index contributed by atoms with van der Waals surface area (Å²) in [4.78, 5) is 0. The normalized spacial score (nSPS) is 13.5. The Balaban J connectivity index is 0.625. The monoisotopic (exact) mass is 1420 g/mol. The molecule has 0 aliphatic heterocycles. The third kappa shape index (κ3) is 9.03. The molecule has 20 aromatic carbocycles. The zero-order chi connectivity index (χ0) is 74.0. The highest BCUT2D eigenvalue weighted by atomic mass is 16.3. The van der Waals surface area contributed by atoms with Crippen molar-refractivity contribution in [3.05, 3.63) is 374 Å². The molecular weight excluding hydrogens is 1350 g/mol. The molecule has 0 radical (unpaired) electrons. The Morgan fingerprint density at radius 1 is 0.179 bits per heavy atom. The van der Waals surface area contributed by atoms with Crippen molar-refractivity contribution in [2.24, 2.45) is 0 Å². The fourth-order valence-corrected chi connectivity index (χ4v) is 20.4. The third-order valence-electron chi connectivity index (χ3n) is 25.7. The van der Waals surface area contributed by atoms with E-state index < -0.39 is 0 Å². The predicted molar refractivity (Wildman–Crippen MR) is 474 cm³/mol. The summed E-state index contributed by atoms with van der Waals surface area (Å²) in [5, 5.41) is 24.0. The highest BCUT2D eigenvalue weighted by Crippen LogP contribution is 2.59. The number of hydrogen-bond acceptors (Lipinski definition) is 2. The van der Waals surface area contributed by atoms with Gasteiger partial charge in [0.15, 0.2) is 0 Å². The van der Waals surface area contributed by atoms with E-state index in [-0.39, 0.29) is 10.8 Å². The number of benzene rings is 20. The largest absolute Gasteiger partial charge is 0.456 e. The fraction of sp³-hybridized carbons (Fsp3) is 0.0545. The van der Waals surface area contributed by atoms with Gasteiger partial charge in [-0.3, -0.25) is 0 Å². The van der Waals surface area contributed by atoms with Gasteiger partial charge in [0.25, 0.3) is 0 Å². The molecule has 0 unspecified atom stereocenters. The van der Waals surface area contributed by atoms with E-state index in [1.165, 1.54) is 181 Å². The van der Waals surface area contributed by atoms with Crippen molar-refractivity contribution in [3.8, 4) is 100 Å². The van der Waals surface area contributed by atoms with Crippen LogP contribution in [0.4, 0.5) is 0 Å². The molecule has 2 aliphatic rings. The molecule has 0 N–H and O–H groups in total. The molecule has 0 saturated heterocycles.